The molecule has 13 heavy (non-hydrogen) atoms. The van der Waals surface area contributed by atoms with Gasteiger partial charge in [-0.2, -0.15) is 0 Å². The van der Waals surface area contributed by atoms with E-state index in [1.54, 1.807) is 0 Å². The summed E-state index contributed by atoms with van der Waals surface area (Å²) in [4.78, 5) is 13.0. The third-order valence-electron chi connectivity index (χ3n) is 2.41. The molecule has 0 bridgehead atoms. The highest BCUT2D eigenvalue weighted by atomic mass is 16.5. The molecular weight excluding hydrogens is 168 g/mol. The number of hydrogen-bond acceptors (Lipinski definition) is 3. The van der Waals surface area contributed by atoms with Crippen LogP contribution in [0.25, 0.3) is 0 Å². The summed E-state index contributed by atoms with van der Waals surface area (Å²) in [5.74, 6) is -0.266. The molecule has 0 spiro atoms. The number of nitrogens with two attached hydrogens (primary N) is 1. The quantitative estimate of drug-likeness (QED) is 0.659. The number of nitrogens with zero attached hydrogens (tertiary/aromatic N) is 1. The lowest BCUT2D eigenvalue weighted by molar-refractivity contribution is -0.131. The molecule has 76 valence electrons. The van der Waals surface area contributed by atoms with Gasteiger partial charge < -0.3 is 10.5 Å². The fraction of sp³-hybridized carbons (Fsp3) is 0.889. The van der Waals surface area contributed by atoms with Gasteiger partial charge in [-0.1, -0.05) is 0 Å². The van der Waals surface area contributed by atoms with Crippen molar-refractivity contribution in [1.82, 2.24) is 4.90 Å². The van der Waals surface area contributed by atoms with E-state index in [9.17, 15) is 4.79 Å². The number of morpholine rings is 1. The number of amides is 1. The van der Waals surface area contributed by atoms with Crippen LogP contribution in [-0.2, 0) is 9.53 Å². The van der Waals surface area contributed by atoms with Crippen LogP contribution in [-0.4, -0.2) is 42.1 Å². The van der Waals surface area contributed by atoms with E-state index in [0.717, 1.165) is 13.1 Å². The van der Waals surface area contributed by atoms with Crippen LogP contribution in [0.3, 0.4) is 0 Å². The number of hydrogen-bond donors (Lipinski definition) is 1. The Morgan fingerprint density at radius 1 is 1.62 bits per heavy atom. The molecule has 1 amide bonds. The summed E-state index contributed by atoms with van der Waals surface area (Å²) in [6.45, 7) is 8.10. The van der Waals surface area contributed by atoms with Crippen molar-refractivity contribution in [3.8, 4) is 0 Å². The van der Waals surface area contributed by atoms with Gasteiger partial charge in [0.05, 0.1) is 18.2 Å². The summed E-state index contributed by atoms with van der Waals surface area (Å²) >= 11 is 0. The van der Waals surface area contributed by atoms with Gasteiger partial charge in [-0.25, -0.2) is 0 Å². The number of rotatable bonds is 2. The Hall–Kier alpha value is -0.610. The Kier molecular flexibility index (Phi) is 2.93. The van der Waals surface area contributed by atoms with Crippen molar-refractivity contribution >= 4 is 5.91 Å². The normalized spacial score (nSPS) is 25.5. The molecule has 1 atom stereocenters. The predicted octanol–water partition coefficient (Wildman–Crippen LogP) is -0.0290. The number of carbonyl (C=O) groups excluding carboxylic acids is 1. The van der Waals surface area contributed by atoms with Crippen molar-refractivity contribution < 1.29 is 9.53 Å². The summed E-state index contributed by atoms with van der Waals surface area (Å²) in [5.41, 5.74) is 5.07. The SMILES string of the molecule is CC(C(N)=O)N1CCOC(C)(C)C1. The largest absolute Gasteiger partial charge is 0.373 e. The lowest BCUT2D eigenvalue weighted by Gasteiger charge is -2.40. The van der Waals surface area contributed by atoms with E-state index in [4.69, 9.17) is 10.5 Å². The zero-order valence-electron chi connectivity index (χ0n) is 8.54. The fourth-order valence-electron chi connectivity index (χ4n) is 1.56. The van der Waals surface area contributed by atoms with Crippen LogP contribution in [0, 0.1) is 0 Å². The number of carbonyl (C=O) groups is 1. The average molecular weight is 186 g/mol. The second-order valence-electron chi connectivity index (χ2n) is 4.16. The molecule has 0 saturated carbocycles. The van der Waals surface area contributed by atoms with Crippen molar-refractivity contribution in [3.63, 3.8) is 0 Å². The molecule has 4 nitrogen and oxygen atoms in total. The Morgan fingerprint density at radius 3 is 2.69 bits per heavy atom. The van der Waals surface area contributed by atoms with Crippen LogP contribution in [0.4, 0.5) is 0 Å². The molecule has 0 aromatic carbocycles. The first-order valence-electron chi connectivity index (χ1n) is 4.60. The van der Waals surface area contributed by atoms with E-state index >= 15 is 0 Å². The Balaban J connectivity index is 2.56. The van der Waals surface area contributed by atoms with Gasteiger partial charge in [-0.15, -0.1) is 0 Å². The molecule has 1 fully saturated rings. The van der Waals surface area contributed by atoms with E-state index in [2.05, 4.69) is 4.90 Å². The third-order valence-corrected chi connectivity index (χ3v) is 2.41. The van der Waals surface area contributed by atoms with Gasteiger partial charge in [-0.3, -0.25) is 9.69 Å². The summed E-state index contributed by atoms with van der Waals surface area (Å²) in [6, 6.07) is -0.192. The van der Waals surface area contributed by atoms with Crippen LogP contribution in [0.2, 0.25) is 0 Å². The van der Waals surface area contributed by atoms with Gasteiger partial charge in [-0.05, 0) is 20.8 Å². The summed E-state index contributed by atoms with van der Waals surface area (Å²) in [7, 11) is 0. The van der Waals surface area contributed by atoms with Crippen LogP contribution < -0.4 is 5.73 Å². The molecule has 1 heterocycles. The standard InChI is InChI=1S/C9H18N2O2/c1-7(8(10)12)11-4-5-13-9(2,3)6-11/h7H,4-6H2,1-3H3,(H2,10,12). The number of ether oxygens (including phenoxy) is 1. The smallest absolute Gasteiger partial charge is 0.234 e. The number of primary amides is 1. The second kappa shape index (κ2) is 3.64. The highest BCUT2D eigenvalue weighted by Crippen LogP contribution is 2.17. The van der Waals surface area contributed by atoms with Gasteiger partial charge in [0, 0.05) is 13.1 Å². The zero-order chi connectivity index (χ0) is 10.1. The first kappa shape index (κ1) is 10.5. The van der Waals surface area contributed by atoms with Crippen molar-refractivity contribution in [1.29, 1.82) is 0 Å². The van der Waals surface area contributed by atoms with Crippen LogP contribution in [0.1, 0.15) is 20.8 Å². The predicted molar refractivity (Wildman–Crippen MR) is 50.3 cm³/mol. The minimum Gasteiger partial charge on any atom is -0.373 e. The topological polar surface area (TPSA) is 55.6 Å². The minimum absolute atomic E-state index is 0.165. The third kappa shape index (κ3) is 2.67. The van der Waals surface area contributed by atoms with Gasteiger partial charge >= 0.3 is 0 Å². The highest BCUT2D eigenvalue weighted by molar-refractivity contribution is 5.79. The van der Waals surface area contributed by atoms with E-state index < -0.39 is 0 Å². The average Bonchev–Trinajstić information content (AvgIpc) is 2.01. The molecular formula is C9H18N2O2. The summed E-state index contributed by atoms with van der Waals surface area (Å²) in [5, 5.41) is 0. The molecule has 0 aliphatic carbocycles. The first-order chi connectivity index (χ1) is 5.92. The lowest BCUT2D eigenvalue weighted by atomic mass is 10.1. The molecule has 4 heteroatoms. The fourth-order valence-corrected chi connectivity index (χ4v) is 1.56. The van der Waals surface area contributed by atoms with Crippen molar-refractivity contribution in [3.05, 3.63) is 0 Å². The second-order valence-corrected chi connectivity index (χ2v) is 4.16. The Labute approximate surface area is 79.0 Å². The van der Waals surface area contributed by atoms with Gasteiger partial charge in [0.25, 0.3) is 0 Å². The lowest BCUT2D eigenvalue weighted by Crippen LogP contribution is -2.54. The molecule has 0 aromatic heterocycles. The highest BCUT2D eigenvalue weighted by Gasteiger charge is 2.31. The molecule has 1 saturated heterocycles. The van der Waals surface area contributed by atoms with Crippen LogP contribution in [0.15, 0.2) is 0 Å². The van der Waals surface area contributed by atoms with Gasteiger partial charge in [0.1, 0.15) is 0 Å². The molecule has 2 N–H and O–H groups in total. The molecule has 1 aliphatic rings. The van der Waals surface area contributed by atoms with E-state index in [0.29, 0.717) is 6.61 Å². The molecule has 1 aliphatic heterocycles. The van der Waals surface area contributed by atoms with Crippen molar-refractivity contribution in [2.45, 2.75) is 32.4 Å². The van der Waals surface area contributed by atoms with E-state index in [1.165, 1.54) is 0 Å². The maximum atomic E-state index is 10.9. The zero-order valence-corrected chi connectivity index (χ0v) is 8.54. The molecule has 1 unspecified atom stereocenters. The first-order valence-corrected chi connectivity index (χ1v) is 4.60. The van der Waals surface area contributed by atoms with E-state index in [-0.39, 0.29) is 17.6 Å². The maximum Gasteiger partial charge on any atom is 0.234 e. The van der Waals surface area contributed by atoms with Gasteiger partial charge in [0.2, 0.25) is 5.91 Å². The summed E-state index contributed by atoms with van der Waals surface area (Å²) < 4.78 is 5.53. The Bertz CT molecular complexity index is 204. The van der Waals surface area contributed by atoms with Gasteiger partial charge in [0.15, 0.2) is 0 Å². The molecule has 0 radical (unpaired) electrons. The summed E-state index contributed by atoms with van der Waals surface area (Å²) in [6.07, 6.45) is 0. The Morgan fingerprint density at radius 2 is 2.23 bits per heavy atom. The van der Waals surface area contributed by atoms with Crippen molar-refractivity contribution in [2.75, 3.05) is 19.7 Å². The van der Waals surface area contributed by atoms with Crippen molar-refractivity contribution in [2.24, 2.45) is 5.73 Å². The monoisotopic (exact) mass is 186 g/mol. The molecule has 1 rings (SSSR count). The maximum absolute atomic E-state index is 10.9. The van der Waals surface area contributed by atoms with E-state index in [1.807, 2.05) is 20.8 Å². The van der Waals surface area contributed by atoms with Crippen LogP contribution in [0.5, 0.6) is 0 Å². The molecule has 0 aromatic rings. The minimum atomic E-state index is -0.266. The van der Waals surface area contributed by atoms with Crippen LogP contribution >= 0.6 is 0 Å².